The van der Waals surface area contributed by atoms with Gasteiger partial charge in [-0.15, -0.1) is 21.5 Å². The maximum Gasteiger partial charge on any atom is 0.263 e. The van der Waals surface area contributed by atoms with Crippen molar-refractivity contribution in [3.63, 3.8) is 0 Å². The van der Waals surface area contributed by atoms with Crippen LogP contribution < -0.4 is 10.0 Å². The summed E-state index contributed by atoms with van der Waals surface area (Å²) in [5.41, 5.74) is 0.937. The van der Waals surface area contributed by atoms with E-state index in [4.69, 9.17) is 4.42 Å². The minimum atomic E-state index is -3.78. The molecule has 9 nitrogen and oxygen atoms in total. The molecule has 0 spiro atoms. The van der Waals surface area contributed by atoms with E-state index in [9.17, 15) is 13.2 Å². The molecule has 29 heavy (non-hydrogen) atoms. The fourth-order valence-electron chi connectivity index (χ4n) is 2.32. The smallest absolute Gasteiger partial charge is 0.263 e. The highest BCUT2D eigenvalue weighted by Gasteiger charge is 2.18. The summed E-state index contributed by atoms with van der Waals surface area (Å²) in [7, 11) is -3.78. The van der Waals surface area contributed by atoms with Gasteiger partial charge >= 0.3 is 0 Å². The molecule has 0 bridgehead atoms. The van der Waals surface area contributed by atoms with Gasteiger partial charge in [-0.25, -0.2) is 13.4 Å². The van der Waals surface area contributed by atoms with Crippen LogP contribution in [0.2, 0.25) is 0 Å². The van der Waals surface area contributed by atoms with E-state index in [1.165, 1.54) is 29.7 Å². The van der Waals surface area contributed by atoms with Gasteiger partial charge < -0.3 is 4.42 Å². The molecule has 0 saturated heterocycles. The molecular weight excluding hydrogens is 434 g/mol. The molecule has 4 aromatic rings. The molecule has 0 fully saturated rings. The molecule has 4 rings (SSSR count). The second-order valence-electron chi connectivity index (χ2n) is 5.74. The van der Waals surface area contributed by atoms with Gasteiger partial charge in [0, 0.05) is 5.38 Å². The van der Waals surface area contributed by atoms with Crippen molar-refractivity contribution < 1.29 is 17.6 Å². The lowest BCUT2D eigenvalue weighted by molar-refractivity contribution is 0.102. The number of thiazole rings is 1. The van der Waals surface area contributed by atoms with Gasteiger partial charge in [-0.1, -0.05) is 29.5 Å². The number of carbonyl (C=O) groups excluding carboxylic acids is 1. The minimum Gasteiger partial charge on any atom is -0.462 e. The zero-order chi connectivity index (χ0) is 20.4. The van der Waals surface area contributed by atoms with E-state index in [-0.39, 0.29) is 20.7 Å². The fourth-order valence-corrected chi connectivity index (χ4v) is 4.82. The third-order valence-electron chi connectivity index (χ3n) is 3.65. The maximum absolute atomic E-state index is 12.4. The molecule has 148 valence electrons. The summed E-state index contributed by atoms with van der Waals surface area (Å²) in [5.74, 6) is 0.0219. The van der Waals surface area contributed by atoms with E-state index in [0.717, 1.165) is 16.3 Å². The van der Waals surface area contributed by atoms with Gasteiger partial charge in [0.2, 0.25) is 10.3 Å². The van der Waals surface area contributed by atoms with Crippen LogP contribution in [-0.4, -0.2) is 29.5 Å². The van der Waals surface area contributed by atoms with Crippen molar-refractivity contribution in [2.45, 2.75) is 11.8 Å². The number of aryl methyl sites for hydroxylation is 1. The number of carbonyl (C=O) groups is 1. The summed E-state index contributed by atoms with van der Waals surface area (Å²) in [6, 6.07) is 9.45. The number of nitrogens with zero attached hydrogens (tertiary/aromatic N) is 3. The van der Waals surface area contributed by atoms with Crippen LogP contribution in [-0.2, 0) is 10.0 Å². The van der Waals surface area contributed by atoms with Crippen molar-refractivity contribution >= 4 is 48.9 Å². The molecular formula is C17H13N5O4S3. The SMILES string of the molecule is Cc1nc(-c2cc(C(=O)Nc3nnc(NS(=O)(=O)c4ccccc4)s3)co2)cs1. The Morgan fingerprint density at radius 1 is 1.14 bits per heavy atom. The monoisotopic (exact) mass is 447 g/mol. The quantitative estimate of drug-likeness (QED) is 0.462. The van der Waals surface area contributed by atoms with E-state index in [2.05, 4.69) is 25.2 Å². The first-order valence-electron chi connectivity index (χ1n) is 8.14. The average molecular weight is 448 g/mol. The Morgan fingerprint density at radius 3 is 2.62 bits per heavy atom. The molecule has 0 aliphatic heterocycles. The highest BCUT2D eigenvalue weighted by atomic mass is 32.2. The summed E-state index contributed by atoms with van der Waals surface area (Å²) in [4.78, 5) is 16.8. The van der Waals surface area contributed by atoms with Crippen LogP contribution in [0, 0.1) is 6.92 Å². The number of rotatable bonds is 6. The lowest BCUT2D eigenvalue weighted by Gasteiger charge is -2.03. The minimum absolute atomic E-state index is 0.0370. The van der Waals surface area contributed by atoms with Crippen molar-refractivity contribution in [1.82, 2.24) is 15.2 Å². The van der Waals surface area contributed by atoms with Crippen molar-refractivity contribution in [3.05, 3.63) is 58.6 Å². The molecule has 0 unspecified atom stereocenters. The number of nitrogens with one attached hydrogen (secondary N) is 2. The Labute approximate surface area is 173 Å². The molecule has 2 N–H and O–H groups in total. The average Bonchev–Trinajstić information content (AvgIpc) is 3.43. The zero-order valence-corrected chi connectivity index (χ0v) is 17.3. The van der Waals surface area contributed by atoms with E-state index in [0.29, 0.717) is 11.5 Å². The van der Waals surface area contributed by atoms with Crippen LogP contribution in [0.1, 0.15) is 15.4 Å². The molecule has 1 aromatic carbocycles. The first-order chi connectivity index (χ1) is 13.9. The Bertz CT molecular complexity index is 1260. The van der Waals surface area contributed by atoms with Gasteiger partial charge in [-0.05, 0) is 25.1 Å². The molecule has 3 heterocycles. The van der Waals surface area contributed by atoms with Crippen LogP contribution in [0.15, 0.2) is 57.4 Å². The maximum atomic E-state index is 12.4. The summed E-state index contributed by atoms with van der Waals surface area (Å²) in [6.07, 6.45) is 1.32. The lowest BCUT2D eigenvalue weighted by atomic mass is 10.2. The predicted molar refractivity (Wildman–Crippen MR) is 110 cm³/mol. The first-order valence-corrected chi connectivity index (χ1v) is 11.3. The van der Waals surface area contributed by atoms with Gasteiger partial charge in [0.15, 0.2) is 5.76 Å². The second-order valence-corrected chi connectivity index (χ2v) is 9.46. The predicted octanol–water partition coefficient (Wildman–Crippen LogP) is 3.62. The highest BCUT2D eigenvalue weighted by Crippen LogP contribution is 2.26. The number of sulfonamides is 1. The largest absolute Gasteiger partial charge is 0.462 e. The molecule has 0 aliphatic rings. The number of benzene rings is 1. The van der Waals surface area contributed by atoms with Gasteiger partial charge in [0.1, 0.15) is 12.0 Å². The Kier molecular flexibility index (Phi) is 5.13. The number of amides is 1. The van der Waals surface area contributed by atoms with Crippen molar-refractivity contribution in [3.8, 4) is 11.5 Å². The molecule has 1 amide bonds. The van der Waals surface area contributed by atoms with Crippen molar-refractivity contribution in [2.24, 2.45) is 0 Å². The van der Waals surface area contributed by atoms with Crippen molar-refractivity contribution in [1.29, 1.82) is 0 Å². The summed E-state index contributed by atoms with van der Waals surface area (Å²) >= 11 is 2.38. The third-order valence-corrected chi connectivity index (χ3v) is 6.67. The van der Waals surface area contributed by atoms with Crippen LogP contribution in [0.4, 0.5) is 10.3 Å². The lowest BCUT2D eigenvalue weighted by Crippen LogP contribution is -2.12. The third kappa shape index (κ3) is 4.34. The van der Waals surface area contributed by atoms with E-state index >= 15 is 0 Å². The van der Waals surface area contributed by atoms with Gasteiger partial charge in [0.25, 0.3) is 15.9 Å². The van der Waals surface area contributed by atoms with Gasteiger partial charge in [-0.2, -0.15) is 0 Å². The number of aromatic nitrogens is 3. The fraction of sp³-hybridized carbons (Fsp3) is 0.0588. The van der Waals surface area contributed by atoms with Crippen LogP contribution in [0.3, 0.4) is 0 Å². The number of anilines is 2. The van der Waals surface area contributed by atoms with E-state index < -0.39 is 15.9 Å². The Morgan fingerprint density at radius 2 is 1.90 bits per heavy atom. The highest BCUT2D eigenvalue weighted by molar-refractivity contribution is 7.93. The summed E-state index contributed by atoms with van der Waals surface area (Å²) in [5, 5.41) is 13.0. The summed E-state index contributed by atoms with van der Waals surface area (Å²) in [6.45, 7) is 1.88. The molecule has 0 atom stereocenters. The molecule has 0 saturated carbocycles. The molecule has 0 radical (unpaired) electrons. The number of hydrogen-bond donors (Lipinski definition) is 2. The number of furan rings is 1. The Balaban J connectivity index is 1.44. The Hall–Kier alpha value is -3.09. The standard InChI is InChI=1S/C17H13N5O4S3/c1-10-18-13(9-27-10)14-7-11(8-26-14)15(23)19-16-20-21-17(28-16)22-29(24,25)12-5-3-2-4-6-12/h2-9H,1H3,(H,21,22)(H,19,20,23). The molecule has 3 aromatic heterocycles. The topological polar surface area (TPSA) is 127 Å². The van der Waals surface area contributed by atoms with E-state index in [1.54, 1.807) is 24.3 Å². The second kappa shape index (κ2) is 7.73. The van der Waals surface area contributed by atoms with Crippen LogP contribution >= 0.6 is 22.7 Å². The number of hydrogen-bond acceptors (Lipinski definition) is 9. The molecule has 0 aliphatic carbocycles. The van der Waals surface area contributed by atoms with Crippen molar-refractivity contribution in [2.75, 3.05) is 10.0 Å². The van der Waals surface area contributed by atoms with E-state index in [1.807, 2.05) is 12.3 Å². The summed E-state index contributed by atoms with van der Waals surface area (Å²) < 4.78 is 32.4. The molecule has 12 heteroatoms. The zero-order valence-electron chi connectivity index (χ0n) is 14.8. The first kappa shape index (κ1) is 19.2. The van der Waals surface area contributed by atoms with Crippen LogP contribution in [0.25, 0.3) is 11.5 Å². The normalized spacial score (nSPS) is 11.3. The van der Waals surface area contributed by atoms with Gasteiger partial charge in [0.05, 0.1) is 15.5 Å². The van der Waals surface area contributed by atoms with Crippen LogP contribution in [0.5, 0.6) is 0 Å². The van der Waals surface area contributed by atoms with Gasteiger partial charge in [-0.3, -0.25) is 14.8 Å².